The van der Waals surface area contributed by atoms with Gasteiger partial charge in [0.25, 0.3) is 0 Å². The zero-order chi connectivity index (χ0) is 19.0. The van der Waals surface area contributed by atoms with E-state index in [2.05, 4.69) is 20.6 Å². The summed E-state index contributed by atoms with van der Waals surface area (Å²) in [6.07, 6.45) is 7.71. The van der Waals surface area contributed by atoms with Crippen LogP contribution < -0.4 is 10.6 Å². The summed E-state index contributed by atoms with van der Waals surface area (Å²) < 4.78 is 25.4. The molecule has 1 aromatic heterocycles. The van der Waals surface area contributed by atoms with Crippen molar-refractivity contribution in [3.8, 4) is 0 Å². The van der Waals surface area contributed by atoms with Gasteiger partial charge in [-0.2, -0.15) is 0 Å². The number of aliphatic imine (C=N–C) groups is 1. The fraction of sp³-hybridized carbons (Fsp3) is 0.444. The van der Waals surface area contributed by atoms with Crippen LogP contribution in [0.4, 0.5) is 0 Å². The number of nitrogens with zero attached hydrogens (tertiary/aromatic N) is 3. The van der Waals surface area contributed by atoms with Gasteiger partial charge in [-0.3, -0.25) is 0 Å². The van der Waals surface area contributed by atoms with E-state index in [1.165, 1.54) is 6.26 Å². The van der Waals surface area contributed by atoms with E-state index < -0.39 is 9.84 Å². The molecule has 150 valence electrons. The Balaban J connectivity index is 0.00000364. The molecule has 0 aliphatic carbocycles. The molecular weight excluding hydrogens is 477 g/mol. The first-order valence-corrected chi connectivity index (χ1v) is 10.6. The number of imidazole rings is 1. The molecule has 1 aromatic carbocycles. The molecule has 0 aliphatic heterocycles. The molecule has 27 heavy (non-hydrogen) atoms. The Morgan fingerprint density at radius 1 is 1.30 bits per heavy atom. The van der Waals surface area contributed by atoms with Crippen LogP contribution >= 0.6 is 24.0 Å². The third-order valence-electron chi connectivity index (χ3n) is 3.85. The molecule has 1 heterocycles. The Morgan fingerprint density at radius 2 is 2.07 bits per heavy atom. The van der Waals surface area contributed by atoms with E-state index in [-0.39, 0.29) is 24.0 Å². The zero-order valence-electron chi connectivity index (χ0n) is 16.0. The number of benzene rings is 1. The summed E-state index contributed by atoms with van der Waals surface area (Å²) in [5, 5.41) is 6.53. The van der Waals surface area contributed by atoms with Crippen LogP contribution in [0.1, 0.15) is 24.5 Å². The van der Waals surface area contributed by atoms with Crippen molar-refractivity contribution in [1.82, 2.24) is 20.2 Å². The summed E-state index contributed by atoms with van der Waals surface area (Å²) in [7, 11) is -3.19. The Labute approximate surface area is 178 Å². The van der Waals surface area contributed by atoms with Gasteiger partial charge in [-0.05, 0) is 37.5 Å². The van der Waals surface area contributed by atoms with Gasteiger partial charge in [-0.15, -0.1) is 24.0 Å². The molecule has 0 saturated heterocycles. The number of hydrogen-bond acceptors (Lipinski definition) is 4. The third kappa shape index (κ3) is 7.87. The normalized spacial score (nSPS) is 11.7. The van der Waals surface area contributed by atoms with Crippen LogP contribution in [0.25, 0.3) is 0 Å². The van der Waals surface area contributed by atoms with Crippen molar-refractivity contribution in [2.75, 3.05) is 19.3 Å². The number of nitrogens with one attached hydrogen (secondary N) is 2. The van der Waals surface area contributed by atoms with E-state index in [1.807, 2.05) is 43.1 Å². The minimum absolute atomic E-state index is 0. The first kappa shape index (κ1) is 23.4. The van der Waals surface area contributed by atoms with Crippen LogP contribution in [0.15, 0.2) is 46.8 Å². The van der Waals surface area contributed by atoms with Crippen molar-refractivity contribution in [3.05, 3.63) is 48.0 Å². The monoisotopic (exact) mass is 505 g/mol. The number of rotatable bonds is 8. The molecule has 2 rings (SSSR count). The maximum atomic E-state index is 11.7. The van der Waals surface area contributed by atoms with E-state index >= 15 is 0 Å². The highest BCUT2D eigenvalue weighted by molar-refractivity contribution is 14.0. The topological polar surface area (TPSA) is 88.4 Å². The Kier molecular flexibility index (Phi) is 9.78. The van der Waals surface area contributed by atoms with Gasteiger partial charge in [0.05, 0.1) is 17.8 Å². The van der Waals surface area contributed by atoms with Gasteiger partial charge in [0, 0.05) is 38.3 Å². The van der Waals surface area contributed by atoms with Crippen LogP contribution in [0, 0.1) is 6.92 Å². The van der Waals surface area contributed by atoms with Gasteiger partial charge in [0.2, 0.25) is 0 Å². The third-order valence-corrected chi connectivity index (χ3v) is 5.10. The number of halogens is 1. The lowest BCUT2D eigenvalue weighted by molar-refractivity contribution is 0.601. The lowest BCUT2D eigenvalue weighted by Crippen LogP contribution is -2.38. The molecule has 2 N–H and O–H groups in total. The SMILES string of the molecule is CCNC(=NCc1ccc(S(C)(=O)=O)c(C)c1)NCCCn1ccnc1.I. The molecule has 0 amide bonds. The highest BCUT2D eigenvalue weighted by atomic mass is 127. The fourth-order valence-electron chi connectivity index (χ4n) is 2.63. The van der Waals surface area contributed by atoms with E-state index in [9.17, 15) is 8.42 Å². The molecule has 2 aromatic rings. The Morgan fingerprint density at radius 3 is 2.67 bits per heavy atom. The number of aryl methyl sites for hydroxylation is 2. The van der Waals surface area contributed by atoms with Crippen molar-refractivity contribution >= 4 is 39.8 Å². The second-order valence-corrected chi connectivity index (χ2v) is 8.13. The van der Waals surface area contributed by atoms with Crippen LogP contribution in [0.5, 0.6) is 0 Å². The molecule has 0 atom stereocenters. The first-order chi connectivity index (χ1) is 12.4. The van der Waals surface area contributed by atoms with E-state index in [4.69, 9.17) is 0 Å². The number of aromatic nitrogens is 2. The summed E-state index contributed by atoms with van der Waals surface area (Å²) >= 11 is 0. The largest absolute Gasteiger partial charge is 0.357 e. The maximum absolute atomic E-state index is 11.7. The second-order valence-electron chi connectivity index (χ2n) is 6.15. The average Bonchev–Trinajstić information content (AvgIpc) is 3.08. The van der Waals surface area contributed by atoms with Gasteiger partial charge in [0.15, 0.2) is 15.8 Å². The standard InChI is InChI=1S/C18H27N5O2S.HI/c1-4-20-18(21-8-5-10-23-11-9-19-14-23)22-13-16-6-7-17(15(2)12-16)26(3,24)25;/h6-7,9,11-12,14H,4-5,8,10,13H2,1-3H3,(H2,20,21,22);1H. The van der Waals surface area contributed by atoms with Crippen molar-refractivity contribution in [2.45, 2.75) is 38.3 Å². The highest BCUT2D eigenvalue weighted by Gasteiger charge is 2.10. The molecule has 0 bridgehead atoms. The minimum atomic E-state index is -3.19. The molecular formula is C18H28IN5O2S. The van der Waals surface area contributed by atoms with Crippen LogP contribution in [0.2, 0.25) is 0 Å². The second kappa shape index (κ2) is 11.3. The summed E-state index contributed by atoms with van der Waals surface area (Å²) in [6, 6.07) is 5.35. The lowest BCUT2D eigenvalue weighted by atomic mass is 10.1. The number of sulfone groups is 1. The van der Waals surface area contributed by atoms with Crippen LogP contribution in [-0.4, -0.2) is 43.3 Å². The van der Waals surface area contributed by atoms with Gasteiger partial charge < -0.3 is 15.2 Å². The smallest absolute Gasteiger partial charge is 0.191 e. The molecule has 0 saturated carbocycles. The fourth-order valence-corrected chi connectivity index (χ4v) is 3.58. The summed E-state index contributed by atoms with van der Waals surface area (Å²) in [5.74, 6) is 0.753. The highest BCUT2D eigenvalue weighted by Crippen LogP contribution is 2.17. The van der Waals surface area contributed by atoms with Crippen molar-refractivity contribution in [1.29, 1.82) is 0 Å². The predicted molar refractivity (Wildman–Crippen MR) is 119 cm³/mol. The van der Waals surface area contributed by atoms with Crippen LogP contribution in [-0.2, 0) is 22.9 Å². The molecule has 9 heteroatoms. The zero-order valence-corrected chi connectivity index (χ0v) is 19.1. The van der Waals surface area contributed by atoms with Gasteiger partial charge in [-0.25, -0.2) is 18.4 Å². The predicted octanol–water partition coefficient (Wildman–Crippen LogP) is 2.36. The van der Waals surface area contributed by atoms with Gasteiger partial charge in [0.1, 0.15) is 0 Å². The molecule has 0 unspecified atom stereocenters. The Bertz CT molecular complexity index is 835. The van der Waals surface area contributed by atoms with Crippen molar-refractivity contribution in [2.24, 2.45) is 4.99 Å². The minimum Gasteiger partial charge on any atom is -0.357 e. The first-order valence-electron chi connectivity index (χ1n) is 8.67. The summed E-state index contributed by atoms with van der Waals surface area (Å²) in [4.78, 5) is 8.97. The summed E-state index contributed by atoms with van der Waals surface area (Å²) in [6.45, 7) is 6.80. The Hall–Kier alpha value is -1.62. The van der Waals surface area contributed by atoms with Gasteiger partial charge >= 0.3 is 0 Å². The number of guanidine groups is 1. The number of hydrogen-bond donors (Lipinski definition) is 2. The van der Waals surface area contributed by atoms with Crippen molar-refractivity contribution < 1.29 is 8.42 Å². The average molecular weight is 505 g/mol. The van der Waals surface area contributed by atoms with E-state index in [1.54, 1.807) is 12.3 Å². The lowest BCUT2D eigenvalue weighted by Gasteiger charge is -2.12. The molecule has 0 spiro atoms. The quantitative estimate of drug-likeness (QED) is 0.249. The van der Waals surface area contributed by atoms with Crippen molar-refractivity contribution in [3.63, 3.8) is 0 Å². The van der Waals surface area contributed by atoms with E-state index in [0.29, 0.717) is 11.4 Å². The van der Waals surface area contributed by atoms with Crippen LogP contribution in [0.3, 0.4) is 0 Å². The molecule has 7 nitrogen and oxygen atoms in total. The molecule has 0 fully saturated rings. The summed E-state index contributed by atoms with van der Waals surface area (Å²) in [5.41, 5.74) is 1.73. The van der Waals surface area contributed by atoms with Gasteiger partial charge in [-0.1, -0.05) is 12.1 Å². The molecule has 0 aliphatic rings. The van der Waals surface area contributed by atoms with E-state index in [0.717, 1.165) is 43.1 Å². The maximum Gasteiger partial charge on any atom is 0.191 e. The molecule has 0 radical (unpaired) electrons.